The highest BCUT2D eigenvalue weighted by Gasteiger charge is 2.14. The van der Waals surface area contributed by atoms with Crippen molar-refractivity contribution in [3.05, 3.63) is 64.6 Å². The highest BCUT2D eigenvalue weighted by Crippen LogP contribution is 2.21. The average molecular weight is 366 g/mol. The zero-order valence-electron chi connectivity index (χ0n) is 15.4. The van der Waals surface area contributed by atoms with Crippen molar-refractivity contribution < 1.29 is 9.53 Å². The Bertz CT molecular complexity index is 1010. The predicted molar refractivity (Wildman–Crippen MR) is 106 cm³/mol. The van der Waals surface area contributed by atoms with E-state index in [1.807, 2.05) is 43.3 Å². The second-order valence-corrected chi connectivity index (χ2v) is 6.21. The number of carbonyl (C=O) groups is 1. The summed E-state index contributed by atoms with van der Waals surface area (Å²) in [7, 11) is 1.61. The fraction of sp³-hybridized carbons (Fsp3) is 0.250. The monoisotopic (exact) mass is 366 g/mol. The molecule has 1 heterocycles. The number of benzene rings is 2. The Kier molecular flexibility index (Phi) is 5.83. The van der Waals surface area contributed by atoms with Crippen LogP contribution in [-0.2, 0) is 11.3 Å². The summed E-state index contributed by atoms with van der Waals surface area (Å²) in [4.78, 5) is 29.1. The van der Waals surface area contributed by atoms with Crippen molar-refractivity contribution in [2.24, 2.45) is 0 Å². The number of rotatable bonds is 6. The first-order valence-corrected chi connectivity index (χ1v) is 8.71. The van der Waals surface area contributed by atoms with Crippen LogP contribution in [0.25, 0.3) is 10.9 Å². The number of hydrogen-bond donors (Lipinski definition) is 2. The van der Waals surface area contributed by atoms with Crippen molar-refractivity contribution in [2.45, 2.75) is 19.9 Å². The zero-order valence-corrected chi connectivity index (χ0v) is 15.4. The van der Waals surface area contributed by atoms with Crippen LogP contribution in [0.2, 0.25) is 0 Å². The molecule has 0 aliphatic carbocycles. The van der Waals surface area contributed by atoms with Crippen molar-refractivity contribution in [2.75, 3.05) is 24.4 Å². The van der Waals surface area contributed by atoms with Gasteiger partial charge in [0.15, 0.2) is 0 Å². The largest absolute Gasteiger partial charge is 0.385 e. The first kappa shape index (κ1) is 18.6. The van der Waals surface area contributed by atoms with E-state index in [1.54, 1.807) is 19.2 Å². The van der Waals surface area contributed by atoms with Crippen molar-refractivity contribution in [1.82, 2.24) is 9.55 Å². The van der Waals surface area contributed by atoms with Crippen LogP contribution >= 0.6 is 0 Å². The number of methoxy groups -OCH3 is 1. The summed E-state index contributed by atoms with van der Waals surface area (Å²) < 4.78 is 6.54. The zero-order chi connectivity index (χ0) is 19.2. The minimum Gasteiger partial charge on any atom is -0.385 e. The van der Waals surface area contributed by atoms with Crippen LogP contribution < -0.4 is 16.3 Å². The molecule has 140 valence electrons. The van der Waals surface area contributed by atoms with E-state index in [-0.39, 0.29) is 0 Å². The topological polar surface area (TPSA) is 85.2 Å². The third-order valence-corrected chi connectivity index (χ3v) is 4.11. The Hall–Kier alpha value is -3.19. The van der Waals surface area contributed by atoms with Gasteiger partial charge < -0.3 is 10.1 Å². The maximum atomic E-state index is 12.5. The summed E-state index contributed by atoms with van der Waals surface area (Å²) >= 11 is 0. The van der Waals surface area contributed by atoms with Gasteiger partial charge >= 0.3 is 11.7 Å². The molecule has 0 unspecified atom stereocenters. The molecule has 27 heavy (non-hydrogen) atoms. The van der Waals surface area contributed by atoms with Gasteiger partial charge in [-0.05, 0) is 43.2 Å². The number of amides is 2. The third kappa shape index (κ3) is 4.51. The minimum atomic E-state index is -0.420. The van der Waals surface area contributed by atoms with E-state index in [9.17, 15) is 9.59 Å². The molecule has 1 aromatic heterocycles. The summed E-state index contributed by atoms with van der Waals surface area (Å²) in [6.07, 6.45) is 0.630. The van der Waals surface area contributed by atoms with Crippen molar-refractivity contribution >= 4 is 28.4 Å². The van der Waals surface area contributed by atoms with E-state index in [0.717, 1.165) is 5.56 Å². The summed E-state index contributed by atoms with van der Waals surface area (Å²) in [5.41, 5.74) is 1.85. The van der Waals surface area contributed by atoms with Gasteiger partial charge in [0.25, 0.3) is 0 Å². The van der Waals surface area contributed by atoms with Gasteiger partial charge in [-0.25, -0.2) is 9.59 Å². The van der Waals surface area contributed by atoms with E-state index < -0.39 is 11.7 Å². The highest BCUT2D eigenvalue weighted by molar-refractivity contribution is 6.04. The lowest BCUT2D eigenvalue weighted by atomic mass is 10.2. The molecule has 3 aromatic rings. The number of urea groups is 1. The summed E-state index contributed by atoms with van der Waals surface area (Å²) in [5.74, 6) is 0.423. The smallest absolute Gasteiger partial charge is 0.349 e. The number of aryl methyl sites for hydroxylation is 1. The lowest BCUT2D eigenvalue weighted by Gasteiger charge is -2.16. The molecule has 0 radical (unpaired) electrons. The Labute approximate surface area is 157 Å². The van der Waals surface area contributed by atoms with E-state index in [1.165, 1.54) is 4.57 Å². The first-order valence-electron chi connectivity index (χ1n) is 8.71. The fourth-order valence-corrected chi connectivity index (χ4v) is 2.88. The molecule has 2 amide bonds. The Morgan fingerprint density at radius 2 is 1.96 bits per heavy atom. The lowest BCUT2D eigenvalue weighted by Crippen LogP contribution is -2.30. The molecule has 0 saturated carbocycles. The Balaban J connectivity index is 1.93. The number of para-hydroxylation sites is 1. The first-order chi connectivity index (χ1) is 13.1. The normalized spacial score (nSPS) is 10.7. The molecule has 3 rings (SSSR count). The highest BCUT2D eigenvalue weighted by atomic mass is 16.5. The van der Waals surface area contributed by atoms with Crippen molar-refractivity contribution in [3.8, 4) is 0 Å². The summed E-state index contributed by atoms with van der Waals surface area (Å²) in [6, 6.07) is 14.3. The molecule has 0 aliphatic rings. The number of carbonyl (C=O) groups excluding carboxylic acids is 1. The summed E-state index contributed by atoms with van der Waals surface area (Å²) in [5, 5.41) is 6.32. The number of ether oxygens (including phenoxy) is 1. The SMILES string of the molecule is COCCCn1c(NC(=O)Nc2cccc(C)c2)c2ccccc2nc1=O. The van der Waals surface area contributed by atoms with Gasteiger partial charge in [-0.3, -0.25) is 9.88 Å². The molecular formula is C20H22N4O3. The molecule has 0 bridgehead atoms. The number of nitrogens with zero attached hydrogens (tertiary/aromatic N) is 2. The third-order valence-electron chi connectivity index (χ3n) is 4.11. The molecular weight excluding hydrogens is 344 g/mol. The van der Waals surface area contributed by atoms with Gasteiger partial charge in [0.2, 0.25) is 0 Å². The molecule has 2 N–H and O–H groups in total. The van der Waals surface area contributed by atoms with Crippen LogP contribution in [0.5, 0.6) is 0 Å². The lowest BCUT2D eigenvalue weighted by molar-refractivity contribution is 0.190. The van der Waals surface area contributed by atoms with E-state index in [0.29, 0.717) is 42.0 Å². The molecule has 0 aliphatic heterocycles. The molecule has 2 aromatic carbocycles. The minimum absolute atomic E-state index is 0.393. The van der Waals surface area contributed by atoms with Gasteiger partial charge in [0.1, 0.15) is 5.82 Å². The fourth-order valence-electron chi connectivity index (χ4n) is 2.88. The number of hydrogen-bond acceptors (Lipinski definition) is 4. The maximum absolute atomic E-state index is 12.5. The molecule has 0 atom stereocenters. The number of nitrogens with one attached hydrogen (secondary N) is 2. The average Bonchev–Trinajstić information content (AvgIpc) is 2.64. The van der Waals surface area contributed by atoms with Crippen molar-refractivity contribution in [3.63, 3.8) is 0 Å². The molecule has 7 heteroatoms. The van der Waals surface area contributed by atoms with Gasteiger partial charge in [-0.15, -0.1) is 0 Å². The van der Waals surface area contributed by atoms with Crippen molar-refractivity contribution in [1.29, 1.82) is 0 Å². The number of fused-ring (bicyclic) bond motifs is 1. The Morgan fingerprint density at radius 1 is 1.15 bits per heavy atom. The van der Waals surface area contributed by atoms with Crippen LogP contribution in [0.3, 0.4) is 0 Å². The van der Waals surface area contributed by atoms with E-state index >= 15 is 0 Å². The molecule has 7 nitrogen and oxygen atoms in total. The van der Waals surface area contributed by atoms with E-state index in [4.69, 9.17) is 4.74 Å². The number of aromatic nitrogens is 2. The van der Waals surface area contributed by atoms with Crippen LogP contribution in [0.15, 0.2) is 53.3 Å². The van der Waals surface area contributed by atoms with Crippen LogP contribution in [0, 0.1) is 6.92 Å². The number of anilines is 2. The predicted octanol–water partition coefficient (Wildman–Crippen LogP) is 3.39. The van der Waals surface area contributed by atoms with Crippen LogP contribution in [-0.4, -0.2) is 29.3 Å². The van der Waals surface area contributed by atoms with Crippen LogP contribution in [0.4, 0.5) is 16.3 Å². The second kappa shape index (κ2) is 8.46. The molecule has 0 spiro atoms. The second-order valence-electron chi connectivity index (χ2n) is 6.21. The standard InChI is InChI=1S/C20H22N4O3/c1-14-7-5-8-15(13-14)21-19(25)23-18-16-9-3-4-10-17(16)22-20(26)24(18)11-6-12-27-2/h3-5,7-10,13H,6,11-12H2,1-2H3,(H2,21,23,25). The maximum Gasteiger partial charge on any atom is 0.349 e. The van der Waals surface area contributed by atoms with Gasteiger partial charge in [-0.1, -0.05) is 24.3 Å². The quantitative estimate of drug-likeness (QED) is 0.655. The van der Waals surface area contributed by atoms with Crippen LogP contribution in [0.1, 0.15) is 12.0 Å². The van der Waals surface area contributed by atoms with E-state index in [2.05, 4.69) is 15.6 Å². The van der Waals surface area contributed by atoms with Gasteiger partial charge in [0, 0.05) is 31.3 Å². The molecule has 0 fully saturated rings. The van der Waals surface area contributed by atoms with Gasteiger partial charge in [-0.2, -0.15) is 4.98 Å². The summed E-state index contributed by atoms with van der Waals surface area (Å²) in [6.45, 7) is 2.85. The van der Waals surface area contributed by atoms with Gasteiger partial charge in [0.05, 0.1) is 5.52 Å². The molecule has 0 saturated heterocycles. The Morgan fingerprint density at radius 3 is 2.74 bits per heavy atom.